The van der Waals surface area contributed by atoms with E-state index in [1.165, 1.54) is 136 Å². The molecular weight excluding hydrogens is 615 g/mol. The summed E-state index contributed by atoms with van der Waals surface area (Å²) in [4.78, 5) is 0. The van der Waals surface area contributed by atoms with E-state index in [-0.39, 0.29) is 0 Å². The molecule has 2 aromatic carbocycles. The average molecular weight is 676 g/mol. The maximum atomic E-state index is 4.90. The molecule has 0 spiro atoms. The van der Waals surface area contributed by atoms with Gasteiger partial charge in [0.25, 0.3) is 0 Å². The third kappa shape index (κ3) is 30.7. The number of benzene rings is 2. The van der Waals surface area contributed by atoms with E-state index in [1.54, 1.807) is 0 Å². The summed E-state index contributed by atoms with van der Waals surface area (Å²) < 4.78 is 3.08. The molecule has 39 heavy (non-hydrogen) atoms. The van der Waals surface area contributed by atoms with Crippen LogP contribution in [0.2, 0.25) is 0 Å². The van der Waals surface area contributed by atoms with Gasteiger partial charge >= 0.3 is 89.0 Å². The molecule has 0 heterocycles. The molecule has 0 atom stereocenters. The number of hydrogen-bond donors (Lipinski definition) is 0. The maximum absolute atomic E-state index is 4.90. The zero-order valence-corrected chi connectivity index (χ0v) is 30.1. The average Bonchev–Trinajstić information content (AvgIpc) is 2.97. The molecule has 0 aromatic heterocycles. The summed E-state index contributed by atoms with van der Waals surface area (Å²) in [5.41, 5.74) is 0. The van der Waals surface area contributed by atoms with Gasteiger partial charge in [0.05, 0.1) is 0 Å². The summed E-state index contributed by atoms with van der Waals surface area (Å²) in [6, 6.07) is 21.6. The Bertz CT molecular complexity index is 597. The monoisotopic (exact) mass is 676 g/mol. The summed E-state index contributed by atoms with van der Waals surface area (Å²) in [7, 11) is 0. The third-order valence-corrected chi connectivity index (χ3v) is 11.0. The Hall–Kier alpha value is -0.0613. The van der Waals surface area contributed by atoms with Gasteiger partial charge in [0.1, 0.15) is 0 Å². The Kier molecular flexibility index (Phi) is 34.1. The van der Waals surface area contributed by atoms with Gasteiger partial charge in [-0.3, -0.25) is 0 Å². The summed E-state index contributed by atoms with van der Waals surface area (Å²) in [5.74, 6) is 1.91. The van der Waals surface area contributed by atoms with Crippen molar-refractivity contribution in [3.05, 3.63) is 60.7 Å². The van der Waals surface area contributed by atoms with Gasteiger partial charge in [0, 0.05) is 0 Å². The van der Waals surface area contributed by atoms with Gasteiger partial charge in [-0.25, -0.2) is 0 Å². The van der Waals surface area contributed by atoms with E-state index in [0.717, 1.165) is 11.5 Å². The van der Waals surface area contributed by atoms with Crippen LogP contribution in [0.15, 0.2) is 60.7 Å². The summed E-state index contributed by atoms with van der Waals surface area (Å²) in [6.07, 6.45) is 28.1. The molecule has 0 amide bonds. The van der Waals surface area contributed by atoms with E-state index in [1.807, 2.05) is 0 Å². The Morgan fingerprint density at radius 1 is 0.385 bits per heavy atom. The molecule has 2 aromatic rings. The fourth-order valence-corrected chi connectivity index (χ4v) is 7.80. The molecule has 0 N–H and O–H groups in total. The van der Waals surface area contributed by atoms with Crippen molar-refractivity contribution in [1.82, 2.24) is 0 Å². The van der Waals surface area contributed by atoms with E-state index in [2.05, 4.69) is 74.5 Å². The van der Waals surface area contributed by atoms with Gasteiger partial charge in [0.2, 0.25) is 0 Å². The van der Waals surface area contributed by atoms with Gasteiger partial charge in [-0.2, -0.15) is 11.5 Å². The topological polar surface area (TPSA) is 0 Å². The molecule has 0 saturated heterocycles. The Morgan fingerprint density at radius 3 is 0.897 bits per heavy atom. The van der Waals surface area contributed by atoms with E-state index in [4.69, 9.17) is 25.3 Å². The zero-order valence-electron chi connectivity index (χ0n) is 25.6. The standard InChI is InChI=1S/2C12H26S.2C6H5.Sn/c2*1-2-3-4-5-6-7-8-9-10-11-12-13;2*1-2-4-6-5-3-1;/h2*13H,2-12H2,1H3;2*1-5H;/q;;;;+2/p-2. The molecule has 0 saturated carbocycles. The van der Waals surface area contributed by atoms with Crippen LogP contribution in [0.1, 0.15) is 142 Å². The van der Waals surface area contributed by atoms with Crippen LogP contribution in [0.4, 0.5) is 0 Å². The van der Waals surface area contributed by atoms with Crippen LogP contribution in [-0.4, -0.2) is 32.6 Å². The first kappa shape index (κ1) is 38.9. The van der Waals surface area contributed by atoms with Crippen LogP contribution in [0.25, 0.3) is 0 Å². The first-order valence-corrected chi connectivity index (χ1v) is 20.3. The molecule has 0 aliphatic heterocycles. The van der Waals surface area contributed by atoms with Crippen LogP contribution in [-0.2, 0) is 25.3 Å². The fraction of sp³-hybridized carbons (Fsp3) is 0.667. The second-order valence-electron chi connectivity index (χ2n) is 10.6. The zero-order chi connectivity index (χ0) is 28.5. The predicted octanol–water partition coefficient (Wildman–Crippen LogP) is 10.2. The first-order valence-electron chi connectivity index (χ1n) is 16.3. The molecule has 0 fully saturated rings. The Labute approximate surface area is 266 Å². The van der Waals surface area contributed by atoms with Crippen molar-refractivity contribution in [1.29, 1.82) is 0 Å². The summed E-state index contributed by atoms with van der Waals surface area (Å²) in [5, 5.41) is 0. The van der Waals surface area contributed by atoms with Crippen molar-refractivity contribution >= 4 is 53.6 Å². The van der Waals surface area contributed by atoms with Crippen LogP contribution in [0.5, 0.6) is 0 Å². The van der Waals surface area contributed by atoms with E-state index >= 15 is 0 Å². The molecule has 0 nitrogen and oxygen atoms in total. The van der Waals surface area contributed by atoms with Gasteiger partial charge < -0.3 is 25.3 Å². The molecule has 0 aliphatic rings. The molecule has 0 bridgehead atoms. The van der Waals surface area contributed by atoms with Crippen molar-refractivity contribution in [3.8, 4) is 0 Å². The molecular formula is C36H60S2Sn. The first-order chi connectivity index (χ1) is 19.3. The normalized spacial score (nSPS) is 10.2. The van der Waals surface area contributed by atoms with E-state index < -0.39 is 21.1 Å². The Morgan fingerprint density at radius 2 is 0.641 bits per heavy atom. The van der Waals surface area contributed by atoms with E-state index in [0.29, 0.717) is 0 Å². The third-order valence-electron chi connectivity index (χ3n) is 6.83. The molecule has 0 aliphatic carbocycles. The van der Waals surface area contributed by atoms with Crippen LogP contribution >= 0.6 is 0 Å². The van der Waals surface area contributed by atoms with Crippen molar-refractivity contribution < 1.29 is 0 Å². The second-order valence-corrected chi connectivity index (χ2v) is 15.5. The summed E-state index contributed by atoms with van der Waals surface area (Å²) in [6.45, 7) is 4.55. The van der Waals surface area contributed by atoms with Crippen molar-refractivity contribution in [3.63, 3.8) is 0 Å². The molecule has 220 valence electrons. The number of rotatable bonds is 22. The van der Waals surface area contributed by atoms with Gasteiger partial charge in [0.15, 0.2) is 0 Å². The summed E-state index contributed by atoms with van der Waals surface area (Å²) >= 11 is 9.28. The van der Waals surface area contributed by atoms with Crippen molar-refractivity contribution in [2.45, 2.75) is 142 Å². The molecule has 2 rings (SSSR count). The van der Waals surface area contributed by atoms with Gasteiger partial charge in [-0.1, -0.05) is 142 Å². The Balaban J connectivity index is 0.000000555. The minimum atomic E-state index is -0.517. The van der Waals surface area contributed by atoms with Gasteiger partial charge in [-0.05, 0) is 0 Å². The molecule has 3 heteroatoms. The molecule has 0 unspecified atom stereocenters. The van der Waals surface area contributed by atoms with Crippen LogP contribution in [0.3, 0.4) is 0 Å². The van der Waals surface area contributed by atoms with Crippen LogP contribution in [0, 0.1) is 0 Å². The predicted molar refractivity (Wildman–Crippen MR) is 186 cm³/mol. The second kappa shape index (κ2) is 34.1. The SMILES string of the molecule is CCCCCCCCCCCC[S-].CCCCCCCCCCCC[S-].c1cc[c]([Sn+2][c]2ccccc2)cc1. The van der Waals surface area contributed by atoms with Crippen LogP contribution < -0.4 is 7.16 Å². The fourth-order valence-electron chi connectivity index (χ4n) is 4.39. The van der Waals surface area contributed by atoms with Gasteiger partial charge in [-0.15, -0.1) is 0 Å². The number of unbranched alkanes of at least 4 members (excludes halogenated alkanes) is 18. The van der Waals surface area contributed by atoms with Crippen molar-refractivity contribution in [2.75, 3.05) is 11.5 Å². The molecule has 0 radical (unpaired) electrons. The quantitative estimate of drug-likeness (QED) is 0.0692. The van der Waals surface area contributed by atoms with Crippen molar-refractivity contribution in [2.24, 2.45) is 0 Å². The number of hydrogen-bond acceptors (Lipinski definition) is 2. The minimum absolute atomic E-state index is 0.517. The van der Waals surface area contributed by atoms with E-state index in [9.17, 15) is 0 Å².